The maximum Gasteiger partial charge on any atom is 0.119 e. The topological polar surface area (TPSA) is 58.7 Å². The first-order valence-electron chi connectivity index (χ1n) is 7.01. The number of aliphatic hydroxyl groups is 1. The van der Waals surface area contributed by atoms with E-state index >= 15 is 0 Å². The van der Waals surface area contributed by atoms with Crippen LogP contribution < -0.4 is 10.5 Å². The molecule has 4 nitrogen and oxygen atoms in total. The number of likely N-dealkylation sites (N-methyl/N-ethyl adjacent to an activating group) is 1. The highest BCUT2D eigenvalue weighted by Crippen LogP contribution is 2.13. The van der Waals surface area contributed by atoms with Crippen LogP contribution in [0.5, 0.6) is 5.75 Å². The molecule has 0 spiro atoms. The molecule has 1 unspecified atom stereocenters. The Morgan fingerprint density at radius 1 is 1.29 bits per heavy atom. The molecule has 0 saturated heterocycles. The number of ether oxygens (including phenoxy) is 1. The van der Waals surface area contributed by atoms with Crippen LogP contribution in [-0.2, 0) is 6.42 Å². The highest BCUT2D eigenvalue weighted by molar-refractivity contribution is 7.09. The molecule has 0 aliphatic carbocycles. The van der Waals surface area contributed by atoms with Gasteiger partial charge >= 0.3 is 0 Å². The van der Waals surface area contributed by atoms with Crippen LogP contribution in [0.3, 0.4) is 0 Å². The molecule has 2 aromatic rings. The molecule has 1 aromatic carbocycles. The van der Waals surface area contributed by atoms with E-state index in [0.717, 1.165) is 18.7 Å². The Balaban J connectivity index is 1.66. The fourth-order valence-electron chi connectivity index (χ4n) is 2.02. The lowest BCUT2D eigenvalue weighted by Crippen LogP contribution is -2.34. The Labute approximate surface area is 129 Å². The normalized spacial score (nSPS) is 12.5. The Kier molecular flexibility index (Phi) is 6.04. The molecule has 0 bridgehead atoms. The average molecular weight is 306 g/mol. The van der Waals surface area contributed by atoms with Crippen molar-refractivity contribution >= 4 is 17.0 Å². The minimum absolute atomic E-state index is 0.285. The number of hydrogen-bond donors (Lipinski definition) is 2. The Morgan fingerprint density at radius 3 is 2.71 bits per heavy atom. The molecule has 1 heterocycles. The fraction of sp³-hybridized carbons (Fsp3) is 0.375. The minimum Gasteiger partial charge on any atom is -0.491 e. The number of benzene rings is 1. The summed E-state index contributed by atoms with van der Waals surface area (Å²) < 4.78 is 5.54. The summed E-state index contributed by atoms with van der Waals surface area (Å²) in [5.41, 5.74) is 6.32. The predicted octanol–water partition coefficient (Wildman–Crippen LogP) is 2.24. The molecule has 1 aromatic heterocycles. The van der Waals surface area contributed by atoms with E-state index in [1.807, 2.05) is 19.2 Å². The van der Waals surface area contributed by atoms with Crippen molar-refractivity contribution in [3.05, 3.63) is 46.7 Å². The molecule has 0 fully saturated rings. The Hall–Kier alpha value is -1.56. The van der Waals surface area contributed by atoms with Gasteiger partial charge in [-0.05, 0) is 49.2 Å². The Bertz CT molecular complexity index is 514. The SMILES string of the molecule is CN(CCc1cccs1)CC(O)COc1ccc(N)cc1. The standard InChI is InChI=1S/C16H22N2O2S/c1-18(9-8-16-3-2-10-21-16)11-14(19)12-20-15-6-4-13(17)5-7-15/h2-7,10,14,19H,8-9,11-12,17H2,1H3. The molecule has 0 aliphatic rings. The maximum absolute atomic E-state index is 10.0. The number of hydrogen-bond acceptors (Lipinski definition) is 5. The van der Waals surface area contributed by atoms with Gasteiger partial charge in [-0.1, -0.05) is 6.07 Å². The van der Waals surface area contributed by atoms with E-state index in [4.69, 9.17) is 10.5 Å². The van der Waals surface area contributed by atoms with Crippen molar-refractivity contribution in [2.75, 3.05) is 32.5 Å². The summed E-state index contributed by atoms with van der Waals surface area (Å²) in [6.07, 6.45) is 0.510. The lowest BCUT2D eigenvalue weighted by molar-refractivity contribution is 0.0767. The summed E-state index contributed by atoms with van der Waals surface area (Å²) in [6.45, 7) is 1.81. The van der Waals surface area contributed by atoms with Gasteiger partial charge in [-0.15, -0.1) is 11.3 Å². The van der Waals surface area contributed by atoms with E-state index in [1.165, 1.54) is 4.88 Å². The van der Waals surface area contributed by atoms with E-state index in [0.29, 0.717) is 12.2 Å². The van der Waals surface area contributed by atoms with Gasteiger partial charge in [-0.3, -0.25) is 0 Å². The monoisotopic (exact) mass is 306 g/mol. The number of nitrogen functional groups attached to an aromatic ring is 1. The molecule has 0 amide bonds. The summed E-state index contributed by atoms with van der Waals surface area (Å²) in [7, 11) is 2.01. The van der Waals surface area contributed by atoms with Gasteiger partial charge in [0.05, 0.1) is 0 Å². The Morgan fingerprint density at radius 2 is 2.05 bits per heavy atom. The second kappa shape index (κ2) is 8.02. The van der Waals surface area contributed by atoms with Crippen molar-refractivity contribution in [3.8, 4) is 5.75 Å². The number of nitrogens with two attached hydrogens (primary N) is 1. The van der Waals surface area contributed by atoms with Gasteiger partial charge in [0.2, 0.25) is 0 Å². The van der Waals surface area contributed by atoms with Crippen LogP contribution in [0.4, 0.5) is 5.69 Å². The van der Waals surface area contributed by atoms with Crippen molar-refractivity contribution in [3.63, 3.8) is 0 Å². The maximum atomic E-state index is 10.0. The second-order valence-corrected chi connectivity index (χ2v) is 6.16. The van der Waals surface area contributed by atoms with E-state index in [9.17, 15) is 5.11 Å². The lowest BCUT2D eigenvalue weighted by Gasteiger charge is -2.20. The fourth-order valence-corrected chi connectivity index (χ4v) is 2.71. The molecule has 114 valence electrons. The zero-order valence-corrected chi connectivity index (χ0v) is 13.1. The molecule has 3 N–H and O–H groups in total. The highest BCUT2D eigenvalue weighted by atomic mass is 32.1. The van der Waals surface area contributed by atoms with E-state index in [2.05, 4.69) is 22.4 Å². The first kappa shape index (κ1) is 15.8. The van der Waals surface area contributed by atoms with Crippen LogP contribution in [0.25, 0.3) is 0 Å². The van der Waals surface area contributed by atoms with Crippen LogP contribution in [0.15, 0.2) is 41.8 Å². The summed E-state index contributed by atoms with van der Waals surface area (Å²) >= 11 is 1.77. The van der Waals surface area contributed by atoms with Gasteiger partial charge in [0, 0.05) is 23.7 Å². The van der Waals surface area contributed by atoms with E-state index < -0.39 is 6.10 Å². The number of thiophene rings is 1. The molecule has 5 heteroatoms. The third-order valence-corrected chi connectivity index (χ3v) is 4.10. The molecule has 2 rings (SSSR count). The van der Waals surface area contributed by atoms with Crippen molar-refractivity contribution in [1.82, 2.24) is 4.90 Å². The van der Waals surface area contributed by atoms with Gasteiger partial charge in [0.15, 0.2) is 0 Å². The minimum atomic E-state index is -0.504. The zero-order valence-electron chi connectivity index (χ0n) is 12.2. The molecule has 1 atom stereocenters. The van der Waals surface area contributed by atoms with Gasteiger partial charge in [-0.25, -0.2) is 0 Å². The highest BCUT2D eigenvalue weighted by Gasteiger charge is 2.09. The number of nitrogens with zero attached hydrogens (tertiary/aromatic N) is 1. The quantitative estimate of drug-likeness (QED) is 0.734. The van der Waals surface area contributed by atoms with Crippen molar-refractivity contribution < 1.29 is 9.84 Å². The summed E-state index contributed by atoms with van der Waals surface area (Å²) in [5, 5.41) is 12.1. The lowest BCUT2D eigenvalue weighted by atomic mass is 10.3. The number of rotatable bonds is 8. The third kappa shape index (κ3) is 5.75. The summed E-state index contributed by atoms with van der Waals surface area (Å²) in [4.78, 5) is 3.49. The molecular formula is C16H22N2O2S. The van der Waals surface area contributed by atoms with Gasteiger partial charge < -0.3 is 20.5 Å². The zero-order chi connectivity index (χ0) is 15.1. The van der Waals surface area contributed by atoms with Gasteiger partial charge in [0.25, 0.3) is 0 Å². The van der Waals surface area contributed by atoms with Gasteiger partial charge in [-0.2, -0.15) is 0 Å². The van der Waals surface area contributed by atoms with Crippen LogP contribution in [0.2, 0.25) is 0 Å². The smallest absolute Gasteiger partial charge is 0.119 e. The largest absolute Gasteiger partial charge is 0.491 e. The average Bonchev–Trinajstić information content (AvgIpc) is 2.98. The van der Waals surface area contributed by atoms with Crippen molar-refractivity contribution in [1.29, 1.82) is 0 Å². The number of aliphatic hydroxyl groups excluding tert-OH is 1. The van der Waals surface area contributed by atoms with Gasteiger partial charge in [0.1, 0.15) is 18.5 Å². The van der Waals surface area contributed by atoms with Crippen LogP contribution in [-0.4, -0.2) is 42.9 Å². The third-order valence-electron chi connectivity index (χ3n) is 3.16. The molecule has 21 heavy (non-hydrogen) atoms. The van der Waals surface area contributed by atoms with E-state index in [-0.39, 0.29) is 6.61 Å². The van der Waals surface area contributed by atoms with Crippen molar-refractivity contribution in [2.24, 2.45) is 0 Å². The molecular weight excluding hydrogens is 284 g/mol. The summed E-state index contributed by atoms with van der Waals surface area (Å²) in [5.74, 6) is 0.726. The van der Waals surface area contributed by atoms with E-state index in [1.54, 1.807) is 23.5 Å². The van der Waals surface area contributed by atoms with Crippen molar-refractivity contribution in [2.45, 2.75) is 12.5 Å². The first-order chi connectivity index (χ1) is 10.1. The van der Waals surface area contributed by atoms with Crippen LogP contribution >= 0.6 is 11.3 Å². The van der Waals surface area contributed by atoms with Crippen LogP contribution in [0.1, 0.15) is 4.88 Å². The van der Waals surface area contributed by atoms with Crippen LogP contribution in [0, 0.1) is 0 Å². The molecule has 0 aliphatic heterocycles. The predicted molar refractivity (Wildman–Crippen MR) is 87.9 cm³/mol. The number of anilines is 1. The summed E-state index contributed by atoms with van der Waals surface area (Å²) in [6, 6.07) is 11.4. The first-order valence-corrected chi connectivity index (χ1v) is 7.89. The molecule has 0 radical (unpaired) electrons. The molecule has 0 saturated carbocycles. The second-order valence-electron chi connectivity index (χ2n) is 5.13.